The topological polar surface area (TPSA) is 38.1 Å². The molecule has 1 amide bonds. The summed E-state index contributed by atoms with van der Waals surface area (Å²) in [5.74, 6) is 0.298. The van der Waals surface area contributed by atoms with E-state index in [9.17, 15) is 4.79 Å². The maximum absolute atomic E-state index is 12.5. The van der Waals surface area contributed by atoms with Crippen LogP contribution in [0, 0.1) is 13.8 Å². The molecule has 4 nitrogen and oxygen atoms in total. The van der Waals surface area contributed by atoms with Gasteiger partial charge in [-0.2, -0.15) is 5.10 Å². The Labute approximate surface area is 122 Å². The maximum atomic E-state index is 12.5. The van der Waals surface area contributed by atoms with Crippen LogP contribution in [0.25, 0.3) is 0 Å². The SMILES string of the molecule is Cc1nn(C)c(C)c1CCC(=O)N1C(C)CCCC1C. The van der Waals surface area contributed by atoms with Crippen LogP contribution in [-0.4, -0.2) is 32.7 Å². The van der Waals surface area contributed by atoms with Gasteiger partial charge in [-0.25, -0.2) is 0 Å². The van der Waals surface area contributed by atoms with E-state index in [0.717, 1.165) is 25.0 Å². The number of hydrogen-bond acceptors (Lipinski definition) is 2. The first kappa shape index (κ1) is 15.1. The predicted molar refractivity (Wildman–Crippen MR) is 80.6 cm³/mol. The van der Waals surface area contributed by atoms with E-state index in [0.29, 0.717) is 24.4 Å². The van der Waals surface area contributed by atoms with Crippen LogP contribution in [0.3, 0.4) is 0 Å². The minimum Gasteiger partial charge on any atom is -0.337 e. The standard InChI is InChI=1S/C16H27N3O/c1-11-7-6-8-12(2)19(11)16(20)10-9-15-13(3)17-18(5)14(15)4/h11-12H,6-10H2,1-5H3. The van der Waals surface area contributed by atoms with Crippen molar-refractivity contribution >= 4 is 5.91 Å². The zero-order chi connectivity index (χ0) is 14.9. The molecule has 1 aliphatic heterocycles. The van der Waals surface area contributed by atoms with Gasteiger partial charge in [-0.3, -0.25) is 9.48 Å². The molecule has 1 fully saturated rings. The fourth-order valence-electron chi connectivity index (χ4n) is 3.45. The van der Waals surface area contributed by atoms with Gasteiger partial charge in [-0.05, 0) is 58.9 Å². The summed E-state index contributed by atoms with van der Waals surface area (Å²) in [5, 5.41) is 4.42. The van der Waals surface area contributed by atoms with E-state index < -0.39 is 0 Å². The number of aryl methyl sites for hydroxylation is 2. The average molecular weight is 277 g/mol. The summed E-state index contributed by atoms with van der Waals surface area (Å²) in [5.41, 5.74) is 3.46. The van der Waals surface area contributed by atoms with E-state index >= 15 is 0 Å². The van der Waals surface area contributed by atoms with Gasteiger partial charge < -0.3 is 4.90 Å². The second-order valence-electron chi connectivity index (χ2n) is 6.20. The molecule has 1 aromatic heterocycles. The molecule has 0 aromatic carbocycles. The van der Waals surface area contributed by atoms with E-state index in [1.807, 2.05) is 18.7 Å². The number of piperidine rings is 1. The Morgan fingerprint density at radius 3 is 2.35 bits per heavy atom. The number of carbonyl (C=O) groups is 1. The Hall–Kier alpha value is -1.32. The van der Waals surface area contributed by atoms with Crippen molar-refractivity contribution in [3.8, 4) is 0 Å². The average Bonchev–Trinajstić information content (AvgIpc) is 2.61. The minimum absolute atomic E-state index is 0.298. The van der Waals surface area contributed by atoms with Gasteiger partial charge in [0.15, 0.2) is 0 Å². The summed E-state index contributed by atoms with van der Waals surface area (Å²) in [6.07, 6.45) is 4.93. The molecule has 2 heterocycles. The van der Waals surface area contributed by atoms with Crippen molar-refractivity contribution in [2.75, 3.05) is 0 Å². The smallest absolute Gasteiger partial charge is 0.223 e. The van der Waals surface area contributed by atoms with Crippen molar-refractivity contribution in [1.29, 1.82) is 0 Å². The lowest BCUT2D eigenvalue weighted by molar-refractivity contribution is -0.137. The van der Waals surface area contributed by atoms with E-state index in [-0.39, 0.29) is 0 Å². The second-order valence-corrected chi connectivity index (χ2v) is 6.20. The van der Waals surface area contributed by atoms with Gasteiger partial charge >= 0.3 is 0 Å². The monoisotopic (exact) mass is 277 g/mol. The summed E-state index contributed by atoms with van der Waals surface area (Å²) in [7, 11) is 1.96. The van der Waals surface area contributed by atoms with Crippen LogP contribution in [-0.2, 0) is 18.3 Å². The number of hydrogen-bond donors (Lipinski definition) is 0. The molecule has 2 unspecified atom stereocenters. The van der Waals surface area contributed by atoms with Crippen LogP contribution < -0.4 is 0 Å². The van der Waals surface area contributed by atoms with Crippen LogP contribution in [0.2, 0.25) is 0 Å². The highest BCUT2D eigenvalue weighted by atomic mass is 16.2. The maximum Gasteiger partial charge on any atom is 0.223 e. The first-order chi connectivity index (χ1) is 9.41. The summed E-state index contributed by atoms with van der Waals surface area (Å²) in [4.78, 5) is 14.6. The van der Waals surface area contributed by atoms with E-state index in [4.69, 9.17) is 0 Å². The third-order valence-corrected chi connectivity index (χ3v) is 4.73. The number of rotatable bonds is 3. The van der Waals surface area contributed by atoms with Crippen LogP contribution in [0.5, 0.6) is 0 Å². The first-order valence-corrected chi connectivity index (χ1v) is 7.72. The highest BCUT2D eigenvalue weighted by Gasteiger charge is 2.28. The summed E-state index contributed by atoms with van der Waals surface area (Å²) < 4.78 is 1.90. The molecule has 2 atom stereocenters. The lowest BCUT2D eigenvalue weighted by atomic mass is 9.96. The molecule has 0 aliphatic carbocycles. The Kier molecular flexibility index (Phi) is 4.51. The molecule has 1 aromatic rings. The fraction of sp³-hybridized carbons (Fsp3) is 0.750. The molecule has 4 heteroatoms. The Morgan fingerprint density at radius 2 is 1.85 bits per heavy atom. The van der Waals surface area contributed by atoms with Crippen molar-refractivity contribution < 1.29 is 4.79 Å². The van der Waals surface area contributed by atoms with Crippen LogP contribution >= 0.6 is 0 Å². The highest BCUT2D eigenvalue weighted by molar-refractivity contribution is 5.77. The minimum atomic E-state index is 0.298. The normalized spacial score (nSPS) is 23.1. The van der Waals surface area contributed by atoms with Crippen LogP contribution in [0.15, 0.2) is 0 Å². The molecule has 1 saturated heterocycles. The number of aromatic nitrogens is 2. The van der Waals surface area contributed by atoms with Gasteiger partial charge in [-0.15, -0.1) is 0 Å². The third-order valence-electron chi connectivity index (χ3n) is 4.73. The van der Waals surface area contributed by atoms with Crippen molar-refractivity contribution in [2.45, 2.75) is 71.9 Å². The summed E-state index contributed by atoms with van der Waals surface area (Å²) in [6.45, 7) is 8.45. The molecular formula is C16H27N3O. The number of likely N-dealkylation sites (tertiary alicyclic amines) is 1. The molecule has 0 spiro atoms. The second kappa shape index (κ2) is 5.98. The Balaban J connectivity index is 2.01. The Bertz CT molecular complexity index is 482. The van der Waals surface area contributed by atoms with Gasteiger partial charge in [-0.1, -0.05) is 0 Å². The van der Waals surface area contributed by atoms with Gasteiger partial charge in [0.25, 0.3) is 0 Å². The predicted octanol–water partition coefficient (Wildman–Crippen LogP) is 2.76. The molecule has 0 radical (unpaired) electrons. The molecule has 1 aliphatic rings. The van der Waals surface area contributed by atoms with Gasteiger partial charge in [0, 0.05) is 31.2 Å². The van der Waals surface area contributed by atoms with E-state index in [1.54, 1.807) is 0 Å². The third kappa shape index (κ3) is 2.89. The van der Waals surface area contributed by atoms with Gasteiger partial charge in [0.1, 0.15) is 0 Å². The molecule has 0 bridgehead atoms. The van der Waals surface area contributed by atoms with Crippen molar-refractivity contribution in [1.82, 2.24) is 14.7 Å². The zero-order valence-corrected chi connectivity index (χ0v) is 13.4. The Morgan fingerprint density at radius 1 is 1.25 bits per heavy atom. The molecule has 0 N–H and O–H groups in total. The lowest BCUT2D eigenvalue weighted by Gasteiger charge is -2.39. The quantitative estimate of drug-likeness (QED) is 0.852. The first-order valence-electron chi connectivity index (χ1n) is 7.72. The summed E-state index contributed by atoms with van der Waals surface area (Å²) >= 11 is 0. The van der Waals surface area contributed by atoms with Crippen LogP contribution in [0.4, 0.5) is 0 Å². The van der Waals surface area contributed by atoms with E-state index in [2.05, 4.69) is 30.8 Å². The van der Waals surface area contributed by atoms with Crippen molar-refractivity contribution in [3.63, 3.8) is 0 Å². The van der Waals surface area contributed by atoms with Gasteiger partial charge in [0.2, 0.25) is 5.91 Å². The molecular weight excluding hydrogens is 250 g/mol. The van der Waals surface area contributed by atoms with Crippen molar-refractivity contribution in [3.05, 3.63) is 17.0 Å². The number of carbonyl (C=O) groups excluding carboxylic acids is 1. The van der Waals surface area contributed by atoms with Crippen molar-refractivity contribution in [2.24, 2.45) is 7.05 Å². The lowest BCUT2D eigenvalue weighted by Crippen LogP contribution is -2.47. The molecule has 2 rings (SSSR count). The molecule has 112 valence electrons. The zero-order valence-electron chi connectivity index (χ0n) is 13.4. The molecule has 0 saturated carbocycles. The largest absolute Gasteiger partial charge is 0.337 e. The molecule has 20 heavy (non-hydrogen) atoms. The van der Waals surface area contributed by atoms with Gasteiger partial charge in [0.05, 0.1) is 5.69 Å². The number of nitrogens with zero attached hydrogens (tertiary/aromatic N) is 3. The fourth-order valence-corrected chi connectivity index (χ4v) is 3.45. The van der Waals surface area contributed by atoms with Crippen LogP contribution in [0.1, 0.15) is 56.5 Å². The number of amides is 1. The van der Waals surface area contributed by atoms with E-state index in [1.165, 1.54) is 17.7 Å². The summed E-state index contributed by atoms with van der Waals surface area (Å²) in [6, 6.07) is 0.782. The highest BCUT2D eigenvalue weighted by Crippen LogP contribution is 2.24.